The normalized spacial score (nSPS) is 24.9. The molecule has 2 N–H and O–H groups in total. The van der Waals surface area contributed by atoms with Crippen LogP contribution in [-0.4, -0.2) is 18.3 Å². The zero-order valence-corrected chi connectivity index (χ0v) is 11.3. The number of methoxy groups -OCH3 is 1. The van der Waals surface area contributed by atoms with Crippen molar-refractivity contribution in [1.82, 2.24) is 4.57 Å². The molecular weight excluding hydrogens is 224 g/mol. The molecule has 1 aromatic heterocycles. The molecule has 1 atom stereocenters. The van der Waals surface area contributed by atoms with Crippen LogP contribution in [0, 0.1) is 5.41 Å². The number of nitrogens with zero attached hydrogens (tertiary/aromatic N) is 1. The zero-order chi connectivity index (χ0) is 12.6. The molecule has 1 heterocycles. The van der Waals surface area contributed by atoms with Crippen molar-refractivity contribution in [3.05, 3.63) is 23.5 Å². The lowest BCUT2D eigenvalue weighted by Crippen LogP contribution is -2.20. The van der Waals surface area contributed by atoms with Crippen LogP contribution < -0.4 is 5.73 Å². The molecule has 0 amide bonds. The van der Waals surface area contributed by atoms with Crippen molar-refractivity contribution >= 4 is 0 Å². The summed E-state index contributed by atoms with van der Waals surface area (Å²) in [6.07, 6.45) is 9.75. The van der Waals surface area contributed by atoms with Crippen molar-refractivity contribution in [1.29, 1.82) is 0 Å². The van der Waals surface area contributed by atoms with E-state index in [0.29, 0.717) is 5.41 Å². The van der Waals surface area contributed by atoms with Crippen molar-refractivity contribution in [2.24, 2.45) is 11.1 Å². The van der Waals surface area contributed by atoms with E-state index in [4.69, 9.17) is 10.5 Å². The smallest absolute Gasteiger partial charge is 0.0468 e. The molecule has 3 nitrogen and oxygen atoms in total. The van der Waals surface area contributed by atoms with E-state index in [1.165, 1.54) is 49.9 Å². The second kappa shape index (κ2) is 4.71. The van der Waals surface area contributed by atoms with Gasteiger partial charge in [-0.1, -0.05) is 0 Å². The molecule has 1 aromatic rings. The van der Waals surface area contributed by atoms with Crippen LogP contribution in [0.5, 0.6) is 0 Å². The molecule has 100 valence electrons. The number of ether oxygens (including phenoxy) is 1. The molecule has 0 aliphatic heterocycles. The fourth-order valence-electron chi connectivity index (χ4n) is 3.28. The van der Waals surface area contributed by atoms with Crippen molar-refractivity contribution in [2.45, 2.75) is 51.1 Å². The van der Waals surface area contributed by atoms with Crippen LogP contribution in [0.1, 0.15) is 49.4 Å². The van der Waals surface area contributed by atoms with E-state index < -0.39 is 0 Å². The highest BCUT2D eigenvalue weighted by molar-refractivity contribution is 5.28. The number of rotatable bonds is 5. The molecule has 18 heavy (non-hydrogen) atoms. The molecule has 0 spiro atoms. The molecule has 2 aliphatic carbocycles. The summed E-state index contributed by atoms with van der Waals surface area (Å²) in [5.41, 5.74) is 9.59. The Morgan fingerprint density at radius 3 is 3.06 bits per heavy atom. The third-order valence-electron chi connectivity index (χ3n) is 4.74. The van der Waals surface area contributed by atoms with Gasteiger partial charge in [-0.2, -0.15) is 0 Å². The maximum atomic E-state index is 6.19. The summed E-state index contributed by atoms with van der Waals surface area (Å²) in [6.45, 7) is 2.06. The Bertz CT molecular complexity index is 420. The molecule has 3 rings (SSSR count). The van der Waals surface area contributed by atoms with Crippen molar-refractivity contribution in [3.8, 4) is 0 Å². The second-order valence-corrected chi connectivity index (χ2v) is 6.09. The molecule has 3 heteroatoms. The lowest BCUT2D eigenvalue weighted by molar-refractivity contribution is 0.166. The van der Waals surface area contributed by atoms with Crippen LogP contribution in [-0.2, 0) is 17.7 Å². The van der Waals surface area contributed by atoms with E-state index >= 15 is 0 Å². The van der Waals surface area contributed by atoms with Crippen LogP contribution >= 0.6 is 0 Å². The highest BCUT2D eigenvalue weighted by atomic mass is 16.5. The predicted octanol–water partition coefficient (Wildman–Crippen LogP) is 2.64. The molecule has 1 unspecified atom stereocenters. The second-order valence-electron chi connectivity index (χ2n) is 6.09. The van der Waals surface area contributed by atoms with Crippen molar-refractivity contribution in [2.75, 3.05) is 13.7 Å². The van der Waals surface area contributed by atoms with E-state index in [0.717, 1.165) is 13.0 Å². The summed E-state index contributed by atoms with van der Waals surface area (Å²) in [4.78, 5) is 0. The number of hydrogen-bond acceptors (Lipinski definition) is 2. The quantitative estimate of drug-likeness (QED) is 0.870. The van der Waals surface area contributed by atoms with Gasteiger partial charge in [0.15, 0.2) is 0 Å². The van der Waals surface area contributed by atoms with Crippen LogP contribution in [0.4, 0.5) is 0 Å². The first kappa shape index (κ1) is 12.2. The Balaban J connectivity index is 1.74. The minimum atomic E-state index is 0.268. The maximum absolute atomic E-state index is 6.19. The molecule has 2 aliphatic rings. The highest BCUT2D eigenvalue weighted by Crippen LogP contribution is 2.50. The fraction of sp³-hybridized carbons (Fsp3) is 0.733. The summed E-state index contributed by atoms with van der Waals surface area (Å²) in [5.74, 6) is 0. The van der Waals surface area contributed by atoms with Crippen LogP contribution in [0.15, 0.2) is 12.3 Å². The average Bonchev–Trinajstić information content (AvgIpc) is 3.01. The molecule has 0 aromatic carbocycles. The zero-order valence-electron chi connectivity index (χ0n) is 11.3. The van der Waals surface area contributed by atoms with Gasteiger partial charge >= 0.3 is 0 Å². The molecule has 0 bridgehead atoms. The topological polar surface area (TPSA) is 40.2 Å². The van der Waals surface area contributed by atoms with Gasteiger partial charge in [0.25, 0.3) is 0 Å². The van der Waals surface area contributed by atoms with Gasteiger partial charge in [-0.05, 0) is 55.6 Å². The van der Waals surface area contributed by atoms with Gasteiger partial charge in [-0.3, -0.25) is 0 Å². The first-order chi connectivity index (χ1) is 8.74. The Kier molecular flexibility index (Phi) is 3.20. The monoisotopic (exact) mass is 248 g/mol. The SMILES string of the molecule is COCCC1(Cn2ccc3c2CCCC3N)CC1. The van der Waals surface area contributed by atoms with E-state index in [9.17, 15) is 0 Å². The Labute approximate surface area is 109 Å². The van der Waals surface area contributed by atoms with Gasteiger partial charge in [-0.15, -0.1) is 0 Å². The van der Waals surface area contributed by atoms with E-state index in [1.807, 2.05) is 0 Å². The number of nitrogens with two attached hydrogens (primary N) is 1. The molecule has 1 saturated carbocycles. The van der Waals surface area contributed by atoms with Gasteiger partial charge in [0.1, 0.15) is 0 Å². The van der Waals surface area contributed by atoms with Crippen LogP contribution in [0.25, 0.3) is 0 Å². The standard InChI is InChI=1S/C15H24N2O/c1-18-10-8-15(6-7-15)11-17-9-5-12-13(16)3-2-4-14(12)17/h5,9,13H,2-4,6-8,10-11,16H2,1H3. The van der Waals surface area contributed by atoms with Gasteiger partial charge in [0.2, 0.25) is 0 Å². The summed E-state index contributed by atoms with van der Waals surface area (Å²) in [7, 11) is 1.80. The minimum absolute atomic E-state index is 0.268. The Hall–Kier alpha value is -0.800. The predicted molar refractivity (Wildman–Crippen MR) is 72.5 cm³/mol. The van der Waals surface area contributed by atoms with E-state index in [-0.39, 0.29) is 6.04 Å². The maximum Gasteiger partial charge on any atom is 0.0468 e. The number of fused-ring (bicyclic) bond motifs is 1. The first-order valence-electron chi connectivity index (χ1n) is 7.16. The van der Waals surface area contributed by atoms with Crippen molar-refractivity contribution in [3.63, 3.8) is 0 Å². The molecule has 1 fully saturated rings. The van der Waals surface area contributed by atoms with Crippen molar-refractivity contribution < 1.29 is 4.74 Å². The van der Waals surface area contributed by atoms with Crippen LogP contribution in [0.2, 0.25) is 0 Å². The van der Waals surface area contributed by atoms with Gasteiger partial charge in [-0.25, -0.2) is 0 Å². The summed E-state index contributed by atoms with van der Waals surface area (Å²) >= 11 is 0. The number of aromatic nitrogens is 1. The van der Waals surface area contributed by atoms with Gasteiger partial charge in [0.05, 0.1) is 0 Å². The fourth-order valence-corrected chi connectivity index (χ4v) is 3.28. The lowest BCUT2D eigenvalue weighted by Gasteiger charge is -2.23. The Morgan fingerprint density at radius 2 is 2.33 bits per heavy atom. The van der Waals surface area contributed by atoms with E-state index in [2.05, 4.69) is 16.8 Å². The highest BCUT2D eigenvalue weighted by Gasteiger charge is 2.42. The minimum Gasteiger partial charge on any atom is -0.385 e. The summed E-state index contributed by atoms with van der Waals surface area (Å²) < 4.78 is 7.71. The average molecular weight is 248 g/mol. The van der Waals surface area contributed by atoms with E-state index in [1.54, 1.807) is 7.11 Å². The summed E-state index contributed by atoms with van der Waals surface area (Å²) in [6, 6.07) is 2.51. The molecular formula is C15H24N2O. The Morgan fingerprint density at radius 1 is 1.50 bits per heavy atom. The third kappa shape index (κ3) is 2.21. The van der Waals surface area contributed by atoms with Gasteiger partial charge < -0.3 is 15.0 Å². The largest absolute Gasteiger partial charge is 0.385 e. The molecule has 0 saturated heterocycles. The first-order valence-corrected chi connectivity index (χ1v) is 7.16. The third-order valence-corrected chi connectivity index (χ3v) is 4.74. The number of hydrogen-bond donors (Lipinski definition) is 1. The lowest BCUT2D eigenvalue weighted by atomic mass is 9.93. The van der Waals surface area contributed by atoms with Gasteiger partial charge in [0, 0.05) is 38.2 Å². The molecule has 0 radical (unpaired) electrons. The summed E-state index contributed by atoms with van der Waals surface area (Å²) in [5, 5.41) is 0. The van der Waals surface area contributed by atoms with Crippen LogP contribution in [0.3, 0.4) is 0 Å².